The van der Waals surface area contributed by atoms with E-state index in [4.69, 9.17) is 14.2 Å². The Morgan fingerprint density at radius 2 is 1.86 bits per heavy atom. The molecule has 0 bridgehead atoms. The highest BCUT2D eigenvalue weighted by atomic mass is 16.5. The van der Waals surface area contributed by atoms with E-state index in [1.165, 1.54) is 0 Å². The van der Waals surface area contributed by atoms with Crippen LogP contribution in [0.5, 0.6) is 5.75 Å². The molecule has 1 aliphatic carbocycles. The lowest BCUT2D eigenvalue weighted by Crippen LogP contribution is -2.48. The Morgan fingerprint density at radius 3 is 2.43 bits per heavy atom. The van der Waals surface area contributed by atoms with Crippen LogP contribution in [0.3, 0.4) is 0 Å². The molecule has 1 aliphatic rings. The van der Waals surface area contributed by atoms with Crippen LogP contribution in [0.4, 0.5) is 5.69 Å². The van der Waals surface area contributed by atoms with Crippen molar-refractivity contribution in [1.82, 2.24) is 0 Å². The van der Waals surface area contributed by atoms with Gasteiger partial charge in [-0.05, 0) is 77.5 Å². The van der Waals surface area contributed by atoms with E-state index in [9.17, 15) is 9.59 Å². The van der Waals surface area contributed by atoms with Gasteiger partial charge in [0.05, 0.1) is 12.7 Å². The first-order chi connectivity index (χ1) is 13.3. The molecule has 28 heavy (non-hydrogen) atoms. The van der Waals surface area contributed by atoms with E-state index in [0.717, 1.165) is 12.8 Å². The molecule has 1 aromatic carbocycles. The molecular weight excluding hydrogens is 358 g/mol. The average Bonchev–Trinajstić information content (AvgIpc) is 2.65. The SMILES string of the molecule is CCOC(=O)c1cc(NC(=O)C2(OCC)CCC(C)CC2)ccc1OC(C)C. The smallest absolute Gasteiger partial charge is 0.341 e. The van der Waals surface area contributed by atoms with Crippen molar-refractivity contribution in [1.29, 1.82) is 0 Å². The third-order valence-corrected chi connectivity index (χ3v) is 5.01. The summed E-state index contributed by atoms with van der Waals surface area (Å²) in [6.45, 7) is 10.4. The molecule has 1 N–H and O–H groups in total. The number of carbonyl (C=O) groups excluding carboxylic acids is 2. The van der Waals surface area contributed by atoms with Gasteiger partial charge in [0.2, 0.25) is 0 Å². The maximum Gasteiger partial charge on any atom is 0.341 e. The zero-order chi connectivity index (χ0) is 20.7. The number of rotatable bonds is 8. The molecule has 0 radical (unpaired) electrons. The first kappa shape index (κ1) is 22.2. The Bertz CT molecular complexity index is 678. The molecule has 0 heterocycles. The van der Waals surface area contributed by atoms with Gasteiger partial charge in [-0.3, -0.25) is 4.79 Å². The van der Waals surface area contributed by atoms with E-state index in [1.54, 1.807) is 25.1 Å². The van der Waals surface area contributed by atoms with E-state index in [2.05, 4.69) is 12.2 Å². The normalized spacial score (nSPS) is 22.0. The quantitative estimate of drug-likeness (QED) is 0.657. The van der Waals surface area contributed by atoms with E-state index < -0.39 is 11.6 Å². The average molecular weight is 392 g/mol. The molecule has 1 fully saturated rings. The van der Waals surface area contributed by atoms with Crippen LogP contribution in [-0.4, -0.2) is 36.8 Å². The fourth-order valence-corrected chi connectivity index (χ4v) is 3.52. The van der Waals surface area contributed by atoms with Crippen LogP contribution in [-0.2, 0) is 14.3 Å². The van der Waals surface area contributed by atoms with Crippen molar-refractivity contribution in [2.24, 2.45) is 5.92 Å². The molecule has 0 unspecified atom stereocenters. The zero-order valence-corrected chi connectivity index (χ0v) is 17.7. The highest BCUT2D eigenvalue weighted by Gasteiger charge is 2.42. The van der Waals surface area contributed by atoms with Crippen molar-refractivity contribution in [2.45, 2.75) is 72.0 Å². The summed E-state index contributed by atoms with van der Waals surface area (Å²) in [4.78, 5) is 25.4. The Kier molecular flexibility index (Phi) is 7.87. The standard InChI is InChI=1S/C22H33NO5/c1-6-26-20(24)18-14-17(8-9-19(18)28-15(3)4)23-21(25)22(27-7-2)12-10-16(5)11-13-22/h8-9,14-16H,6-7,10-13H2,1-5H3,(H,23,25). The lowest BCUT2D eigenvalue weighted by Gasteiger charge is -2.37. The number of esters is 1. The number of amides is 1. The molecule has 156 valence electrons. The molecule has 0 spiro atoms. The fraction of sp³-hybridized carbons (Fsp3) is 0.636. The number of hydrogen-bond acceptors (Lipinski definition) is 5. The summed E-state index contributed by atoms with van der Waals surface area (Å²) in [5.41, 5.74) is 0.0243. The second-order valence-corrected chi connectivity index (χ2v) is 7.66. The minimum atomic E-state index is -0.807. The number of benzene rings is 1. The number of anilines is 1. The van der Waals surface area contributed by atoms with Gasteiger partial charge in [-0.1, -0.05) is 6.92 Å². The number of carbonyl (C=O) groups is 2. The number of hydrogen-bond donors (Lipinski definition) is 1. The Morgan fingerprint density at radius 1 is 1.18 bits per heavy atom. The molecule has 6 nitrogen and oxygen atoms in total. The van der Waals surface area contributed by atoms with Crippen LogP contribution < -0.4 is 10.1 Å². The van der Waals surface area contributed by atoms with Crippen molar-refractivity contribution >= 4 is 17.6 Å². The summed E-state index contributed by atoms with van der Waals surface area (Å²) in [5, 5.41) is 2.94. The maximum atomic E-state index is 13.1. The molecule has 0 aromatic heterocycles. The molecule has 1 aromatic rings. The number of nitrogens with one attached hydrogen (secondary N) is 1. The van der Waals surface area contributed by atoms with Crippen molar-refractivity contribution < 1.29 is 23.8 Å². The molecule has 2 rings (SSSR count). The van der Waals surface area contributed by atoms with Gasteiger partial charge < -0.3 is 19.5 Å². The fourth-order valence-electron chi connectivity index (χ4n) is 3.52. The second kappa shape index (κ2) is 9.92. The van der Waals surface area contributed by atoms with Gasteiger partial charge in [-0.2, -0.15) is 0 Å². The van der Waals surface area contributed by atoms with Crippen LogP contribution in [0.25, 0.3) is 0 Å². The topological polar surface area (TPSA) is 73.9 Å². The van der Waals surface area contributed by atoms with Gasteiger partial charge in [-0.15, -0.1) is 0 Å². The van der Waals surface area contributed by atoms with Crippen LogP contribution in [0.1, 0.15) is 70.7 Å². The summed E-state index contributed by atoms with van der Waals surface area (Å²) in [6.07, 6.45) is 3.24. The second-order valence-electron chi connectivity index (χ2n) is 7.66. The van der Waals surface area contributed by atoms with Crippen molar-refractivity contribution in [3.05, 3.63) is 23.8 Å². The largest absolute Gasteiger partial charge is 0.490 e. The van der Waals surface area contributed by atoms with Gasteiger partial charge in [0, 0.05) is 12.3 Å². The highest BCUT2D eigenvalue weighted by molar-refractivity contribution is 5.99. The molecule has 0 atom stereocenters. The lowest BCUT2D eigenvalue weighted by molar-refractivity contribution is -0.146. The van der Waals surface area contributed by atoms with Gasteiger partial charge >= 0.3 is 5.97 Å². The first-order valence-corrected chi connectivity index (χ1v) is 10.2. The van der Waals surface area contributed by atoms with Crippen molar-refractivity contribution in [3.8, 4) is 5.75 Å². The van der Waals surface area contributed by atoms with E-state index >= 15 is 0 Å². The monoisotopic (exact) mass is 391 g/mol. The van der Waals surface area contributed by atoms with Crippen LogP contribution in [0, 0.1) is 5.92 Å². The first-order valence-electron chi connectivity index (χ1n) is 10.2. The Hall–Kier alpha value is -2.08. The molecule has 0 saturated heterocycles. The van der Waals surface area contributed by atoms with E-state index in [1.807, 2.05) is 20.8 Å². The Labute approximate surface area is 167 Å². The third-order valence-electron chi connectivity index (χ3n) is 5.01. The summed E-state index contributed by atoms with van der Waals surface area (Å²) >= 11 is 0. The molecular formula is C22H33NO5. The van der Waals surface area contributed by atoms with Crippen LogP contribution in [0.2, 0.25) is 0 Å². The molecule has 0 aliphatic heterocycles. The molecule has 1 amide bonds. The molecule has 1 saturated carbocycles. The van der Waals surface area contributed by atoms with Crippen LogP contribution in [0.15, 0.2) is 18.2 Å². The maximum absolute atomic E-state index is 13.1. The van der Waals surface area contributed by atoms with E-state index in [0.29, 0.717) is 42.4 Å². The van der Waals surface area contributed by atoms with Gasteiger partial charge in [-0.25, -0.2) is 4.79 Å². The summed E-state index contributed by atoms with van der Waals surface area (Å²) in [5.74, 6) is 0.413. The number of ether oxygens (including phenoxy) is 3. The predicted molar refractivity (Wildman–Crippen MR) is 109 cm³/mol. The summed E-state index contributed by atoms with van der Waals surface area (Å²) < 4.78 is 16.8. The van der Waals surface area contributed by atoms with Gasteiger partial charge in [0.25, 0.3) is 5.91 Å². The molecule has 6 heteroatoms. The Balaban J connectivity index is 2.25. The van der Waals surface area contributed by atoms with Gasteiger partial charge in [0.15, 0.2) is 0 Å². The zero-order valence-electron chi connectivity index (χ0n) is 17.7. The minimum absolute atomic E-state index is 0.0842. The third kappa shape index (κ3) is 5.47. The van der Waals surface area contributed by atoms with Gasteiger partial charge in [0.1, 0.15) is 16.9 Å². The predicted octanol–water partition coefficient (Wildman–Crippen LogP) is 4.57. The summed E-state index contributed by atoms with van der Waals surface area (Å²) in [6, 6.07) is 5.04. The van der Waals surface area contributed by atoms with Crippen molar-refractivity contribution in [2.75, 3.05) is 18.5 Å². The van der Waals surface area contributed by atoms with E-state index in [-0.39, 0.29) is 18.6 Å². The highest BCUT2D eigenvalue weighted by Crippen LogP contribution is 2.36. The minimum Gasteiger partial charge on any atom is -0.490 e. The summed E-state index contributed by atoms with van der Waals surface area (Å²) in [7, 11) is 0. The lowest BCUT2D eigenvalue weighted by atomic mass is 9.78. The van der Waals surface area contributed by atoms with Crippen LogP contribution >= 0.6 is 0 Å². The van der Waals surface area contributed by atoms with Crippen molar-refractivity contribution in [3.63, 3.8) is 0 Å².